The zero-order chi connectivity index (χ0) is 27.9. The van der Waals surface area contributed by atoms with Crippen LogP contribution in [0.25, 0.3) is 0 Å². The fraction of sp³-hybridized carbons (Fsp3) is 0.786. The summed E-state index contributed by atoms with van der Waals surface area (Å²) < 4.78 is 0. The number of carbonyl (C=O) groups is 4. The van der Waals surface area contributed by atoms with Crippen LogP contribution in [0, 0.1) is 23.2 Å². The largest absolute Gasteiger partial charge is 0.396 e. The predicted molar refractivity (Wildman–Crippen MR) is 143 cm³/mol. The number of hydrogen-bond acceptors (Lipinski definition) is 5. The monoisotopic (exact) mass is 517 g/mol. The summed E-state index contributed by atoms with van der Waals surface area (Å²) in [5.74, 6) is 0.0171. The number of fused-ring (bicyclic) bond motifs is 1. The van der Waals surface area contributed by atoms with Gasteiger partial charge in [-0.2, -0.15) is 0 Å². The summed E-state index contributed by atoms with van der Waals surface area (Å²) in [6.45, 7) is 16.0. The number of amides is 4. The molecule has 208 valence electrons. The van der Waals surface area contributed by atoms with E-state index in [2.05, 4.69) is 29.8 Å². The molecule has 0 bridgehead atoms. The lowest BCUT2D eigenvalue weighted by Gasteiger charge is -2.39. The summed E-state index contributed by atoms with van der Waals surface area (Å²) in [6, 6.07) is -2.60. The van der Waals surface area contributed by atoms with E-state index < -0.39 is 35.1 Å². The molecule has 0 aromatic carbocycles. The second kappa shape index (κ2) is 10.7. The molecule has 0 aromatic rings. The average Bonchev–Trinajstić information content (AvgIpc) is 3.13. The Labute approximate surface area is 221 Å². The summed E-state index contributed by atoms with van der Waals surface area (Å²) in [5, 5.41) is 8.66. The second-order valence-electron chi connectivity index (χ2n) is 13.7. The number of nitrogens with one attached hydrogen (secondary N) is 3. The highest BCUT2D eigenvalue weighted by Crippen LogP contribution is 2.42. The van der Waals surface area contributed by atoms with Gasteiger partial charge in [0.2, 0.25) is 17.6 Å². The third kappa shape index (κ3) is 6.85. The van der Waals surface area contributed by atoms with E-state index in [9.17, 15) is 19.2 Å². The molecule has 3 aliphatic rings. The van der Waals surface area contributed by atoms with Crippen molar-refractivity contribution in [3.63, 3.8) is 0 Å². The predicted octanol–water partition coefficient (Wildman–Crippen LogP) is 2.84. The number of allylic oxidation sites excluding steroid dienone is 1. The van der Waals surface area contributed by atoms with Gasteiger partial charge in [0.25, 0.3) is 0 Å². The normalized spacial score (nSPS) is 26.9. The number of nitrogens with two attached hydrogens (primary N) is 1. The highest BCUT2D eigenvalue weighted by molar-refractivity contribution is 6.03. The van der Waals surface area contributed by atoms with Crippen LogP contribution in [0.2, 0.25) is 0 Å². The molecule has 0 aromatic heterocycles. The molecule has 5 N–H and O–H groups in total. The number of carbonyl (C=O) groups excluding carboxylic acids is 4. The van der Waals surface area contributed by atoms with E-state index in [1.165, 1.54) is 0 Å². The maximum absolute atomic E-state index is 14.0. The SMILES string of the molecule is CC(C)CC1C[C@@H](C(=O)N[C@H]2CC3CCC3=C(N)C2=O)N(C(=O)[C@@H](NC(=O)NC(C)(C)C)C(C)(C)C)C1. The standard InChI is InChI=1S/C28H47N5O4/c1-15(2)11-16-12-20(24(35)30-19-13-17-9-10-18(17)21(29)22(19)34)33(14-16)25(36)23(27(3,4)5)31-26(37)32-28(6,7)8/h15-17,19-20,23H,9-14,29H2,1-8H3,(H,30,35)(H2,31,32,37)/t16?,17?,19-,20-,23+/m0/s1. The van der Waals surface area contributed by atoms with Gasteiger partial charge in [-0.05, 0) is 81.6 Å². The molecule has 2 fully saturated rings. The lowest BCUT2D eigenvalue weighted by molar-refractivity contribution is -0.142. The molecule has 1 aliphatic heterocycles. The molecular weight excluding hydrogens is 470 g/mol. The van der Waals surface area contributed by atoms with Gasteiger partial charge in [-0.25, -0.2) is 4.79 Å². The number of urea groups is 1. The number of Topliss-reactive ketones (excluding diaryl/α,β-unsaturated/α-hetero) is 1. The fourth-order valence-corrected chi connectivity index (χ4v) is 5.81. The molecule has 5 atom stereocenters. The van der Waals surface area contributed by atoms with Crippen LogP contribution in [-0.4, -0.2) is 58.7 Å². The van der Waals surface area contributed by atoms with Crippen LogP contribution in [0.4, 0.5) is 4.79 Å². The van der Waals surface area contributed by atoms with Crippen molar-refractivity contribution in [1.29, 1.82) is 0 Å². The van der Waals surface area contributed by atoms with E-state index in [0.29, 0.717) is 31.0 Å². The molecule has 9 nitrogen and oxygen atoms in total. The van der Waals surface area contributed by atoms with Gasteiger partial charge in [-0.15, -0.1) is 0 Å². The van der Waals surface area contributed by atoms with Crippen molar-refractivity contribution in [3.05, 3.63) is 11.3 Å². The minimum atomic E-state index is -0.824. The van der Waals surface area contributed by atoms with E-state index in [1.54, 1.807) is 4.90 Å². The lowest BCUT2D eigenvalue weighted by atomic mass is 9.69. The first-order chi connectivity index (χ1) is 17.0. The van der Waals surface area contributed by atoms with Crippen LogP contribution in [0.15, 0.2) is 11.3 Å². The van der Waals surface area contributed by atoms with Crippen LogP contribution in [0.3, 0.4) is 0 Å². The van der Waals surface area contributed by atoms with Gasteiger partial charge in [0, 0.05) is 12.1 Å². The molecule has 9 heteroatoms. The number of ketones is 1. The first-order valence-corrected chi connectivity index (χ1v) is 13.7. The molecule has 2 unspecified atom stereocenters. The Morgan fingerprint density at radius 1 is 1.08 bits per heavy atom. The van der Waals surface area contributed by atoms with Crippen LogP contribution in [0.1, 0.15) is 87.5 Å². The molecule has 1 saturated carbocycles. The van der Waals surface area contributed by atoms with E-state index in [-0.39, 0.29) is 29.4 Å². The zero-order valence-electron chi connectivity index (χ0n) is 23.9. The average molecular weight is 518 g/mol. The Bertz CT molecular complexity index is 959. The van der Waals surface area contributed by atoms with E-state index >= 15 is 0 Å². The van der Waals surface area contributed by atoms with E-state index in [1.807, 2.05) is 41.5 Å². The summed E-state index contributed by atoms with van der Waals surface area (Å²) in [7, 11) is 0. The molecule has 0 radical (unpaired) electrons. The Hall–Kier alpha value is -2.58. The number of rotatable bonds is 6. The van der Waals surface area contributed by atoms with Crippen molar-refractivity contribution in [2.75, 3.05) is 6.54 Å². The van der Waals surface area contributed by atoms with Crippen molar-refractivity contribution >= 4 is 23.6 Å². The highest BCUT2D eigenvalue weighted by Gasteiger charge is 2.46. The maximum Gasteiger partial charge on any atom is 0.315 e. The molecular formula is C28H47N5O4. The molecule has 4 amide bonds. The Morgan fingerprint density at radius 2 is 1.73 bits per heavy atom. The number of nitrogens with zero attached hydrogens (tertiary/aromatic N) is 1. The van der Waals surface area contributed by atoms with Crippen molar-refractivity contribution in [2.45, 2.75) is 111 Å². The van der Waals surface area contributed by atoms with Gasteiger partial charge in [-0.1, -0.05) is 34.6 Å². The maximum atomic E-state index is 14.0. The summed E-state index contributed by atoms with van der Waals surface area (Å²) in [5.41, 5.74) is 6.36. The van der Waals surface area contributed by atoms with Gasteiger partial charge < -0.3 is 26.6 Å². The molecule has 1 saturated heterocycles. The Morgan fingerprint density at radius 3 is 2.24 bits per heavy atom. The minimum Gasteiger partial charge on any atom is -0.396 e. The first-order valence-electron chi connectivity index (χ1n) is 13.7. The molecule has 37 heavy (non-hydrogen) atoms. The van der Waals surface area contributed by atoms with Gasteiger partial charge in [0.15, 0.2) is 0 Å². The van der Waals surface area contributed by atoms with Crippen molar-refractivity contribution in [2.24, 2.45) is 28.9 Å². The topological polar surface area (TPSA) is 134 Å². The number of likely N-dealkylation sites (tertiary alicyclic amines) is 1. The molecule has 0 spiro atoms. The summed E-state index contributed by atoms with van der Waals surface area (Å²) in [6.07, 6.45) is 3.82. The summed E-state index contributed by atoms with van der Waals surface area (Å²) in [4.78, 5) is 54.7. The Balaban J connectivity index is 1.81. The van der Waals surface area contributed by atoms with Crippen molar-refractivity contribution in [3.8, 4) is 0 Å². The molecule has 3 rings (SSSR count). The Kier molecular flexibility index (Phi) is 8.35. The van der Waals surface area contributed by atoms with E-state index in [0.717, 1.165) is 24.8 Å². The van der Waals surface area contributed by atoms with Crippen molar-refractivity contribution in [1.82, 2.24) is 20.9 Å². The van der Waals surface area contributed by atoms with Gasteiger partial charge in [0.1, 0.15) is 12.1 Å². The minimum absolute atomic E-state index is 0.161. The van der Waals surface area contributed by atoms with Crippen LogP contribution < -0.4 is 21.7 Å². The zero-order valence-corrected chi connectivity index (χ0v) is 23.9. The van der Waals surface area contributed by atoms with Crippen molar-refractivity contribution < 1.29 is 19.2 Å². The van der Waals surface area contributed by atoms with Crippen LogP contribution in [0.5, 0.6) is 0 Å². The van der Waals surface area contributed by atoms with Crippen LogP contribution >= 0.6 is 0 Å². The molecule has 2 aliphatic carbocycles. The van der Waals surface area contributed by atoms with E-state index in [4.69, 9.17) is 5.73 Å². The third-order valence-electron chi connectivity index (χ3n) is 7.67. The fourth-order valence-electron chi connectivity index (χ4n) is 5.81. The van der Waals surface area contributed by atoms with Gasteiger partial charge in [0.05, 0.1) is 11.7 Å². The van der Waals surface area contributed by atoms with Gasteiger partial charge >= 0.3 is 6.03 Å². The van der Waals surface area contributed by atoms with Crippen LogP contribution in [-0.2, 0) is 14.4 Å². The second-order valence-corrected chi connectivity index (χ2v) is 13.7. The quantitative estimate of drug-likeness (QED) is 0.430. The summed E-state index contributed by atoms with van der Waals surface area (Å²) >= 11 is 0. The first kappa shape index (κ1) is 29.0. The smallest absolute Gasteiger partial charge is 0.315 e. The lowest BCUT2D eigenvalue weighted by Crippen LogP contribution is -2.61. The van der Waals surface area contributed by atoms with Gasteiger partial charge in [-0.3, -0.25) is 14.4 Å². The third-order valence-corrected chi connectivity index (χ3v) is 7.67. The highest BCUT2D eigenvalue weighted by atomic mass is 16.2. The molecule has 1 heterocycles. The number of hydrogen-bond donors (Lipinski definition) is 4.